The van der Waals surface area contributed by atoms with Crippen LogP contribution in [0.2, 0.25) is 0 Å². The van der Waals surface area contributed by atoms with Crippen LogP contribution in [0.1, 0.15) is 30.1 Å². The van der Waals surface area contributed by atoms with Gasteiger partial charge in [-0.05, 0) is 24.8 Å². The number of nitrogens with zero attached hydrogens (tertiary/aromatic N) is 3. The maximum atomic E-state index is 12.3. The smallest absolute Gasteiger partial charge is 0.326 e. The molecule has 6 heteroatoms. The molecule has 1 aromatic rings. The molecule has 0 spiro atoms. The van der Waals surface area contributed by atoms with E-state index in [0.29, 0.717) is 12.1 Å². The monoisotopic (exact) mass is 249 g/mol. The van der Waals surface area contributed by atoms with Gasteiger partial charge in [0.2, 0.25) is 0 Å². The molecule has 2 rings (SSSR count). The standard InChI is InChI=1S/C12H15N3O3/c1-8-3-2-6-15(10(8)12(17)18)11(16)9-4-5-13-14-7-9/h4-5,7-8,10H,2-3,6H2,1H3,(H,17,18). The molecule has 2 atom stereocenters. The van der Waals surface area contributed by atoms with Crippen molar-refractivity contribution in [2.24, 2.45) is 5.92 Å². The second-order valence-corrected chi connectivity index (χ2v) is 4.53. The number of amides is 1. The molecule has 0 aromatic carbocycles. The summed E-state index contributed by atoms with van der Waals surface area (Å²) in [6.07, 6.45) is 4.45. The van der Waals surface area contributed by atoms with Crippen molar-refractivity contribution in [2.75, 3.05) is 6.54 Å². The van der Waals surface area contributed by atoms with Gasteiger partial charge in [-0.3, -0.25) is 4.79 Å². The second kappa shape index (κ2) is 5.12. The molecule has 18 heavy (non-hydrogen) atoms. The molecule has 0 bridgehead atoms. The topological polar surface area (TPSA) is 83.4 Å². The van der Waals surface area contributed by atoms with Crippen molar-refractivity contribution in [1.82, 2.24) is 15.1 Å². The zero-order chi connectivity index (χ0) is 13.1. The summed E-state index contributed by atoms with van der Waals surface area (Å²) in [5.41, 5.74) is 0.380. The largest absolute Gasteiger partial charge is 0.480 e. The van der Waals surface area contributed by atoms with Gasteiger partial charge in [0.05, 0.1) is 18.0 Å². The Hall–Kier alpha value is -1.98. The summed E-state index contributed by atoms with van der Waals surface area (Å²) < 4.78 is 0. The van der Waals surface area contributed by atoms with Crippen LogP contribution in [-0.2, 0) is 4.79 Å². The van der Waals surface area contributed by atoms with Gasteiger partial charge in [-0.25, -0.2) is 4.79 Å². The van der Waals surface area contributed by atoms with Crippen molar-refractivity contribution < 1.29 is 14.7 Å². The highest BCUT2D eigenvalue weighted by Crippen LogP contribution is 2.24. The third-order valence-electron chi connectivity index (χ3n) is 3.28. The number of hydrogen-bond donors (Lipinski definition) is 1. The fourth-order valence-corrected chi connectivity index (χ4v) is 2.38. The summed E-state index contributed by atoms with van der Waals surface area (Å²) >= 11 is 0. The minimum absolute atomic E-state index is 0.0324. The van der Waals surface area contributed by atoms with Crippen LogP contribution in [0, 0.1) is 5.92 Å². The molecular formula is C12H15N3O3. The van der Waals surface area contributed by atoms with Gasteiger partial charge in [-0.15, -0.1) is 0 Å². The summed E-state index contributed by atoms with van der Waals surface area (Å²) in [7, 11) is 0. The van der Waals surface area contributed by atoms with Crippen molar-refractivity contribution in [3.8, 4) is 0 Å². The fraction of sp³-hybridized carbons (Fsp3) is 0.500. The predicted molar refractivity (Wildman–Crippen MR) is 62.9 cm³/mol. The Morgan fingerprint density at radius 2 is 2.22 bits per heavy atom. The number of aliphatic carboxylic acids is 1. The molecule has 0 radical (unpaired) electrons. The third kappa shape index (κ3) is 2.32. The van der Waals surface area contributed by atoms with E-state index >= 15 is 0 Å². The summed E-state index contributed by atoms with van der Waals surface area (Å²) in [4.78, 5) is 25.0. The first-order valence-corrected chi connectivity index (χ1v) is 5.91. The number of carboxylic acid groups (broad SMARTS) is 1. The first-order chi connectivity index (χ1) is 8.61. The lowest BCUT2D eigenvalue weighted by Gasteiger charge is -2.37. The van der Waals surface area contributed by atoms with E-state index in [0.717, 1.165) is 12.8 Å². The molecule has 6 nitrogen and oxygen atoms in total. The van der Waals surface area contributed by atoms with Gasteiger partial charge >= 0.3 is 5.97 Å². The van der Waals surface area contributed by atoms with Crippen LogP contribution in [-0.4, -0.2) is 44.7 Å². The number of hydrogen-bond acceptors (Lipinski definition) is 4. The third-order valence-corrected chi connectivity index (χ3v) is 3.28. The molecule has 2 unspecified atom stereocenters. The van der Waals surface area contributed by atoms with Crippen LogP contribution >= 0.6 is 0 Å². The molecule has 0 aliphatic carbocycles. The van der Waals surface area contributed by atoms with E-state index in [1.807, 2.05) is 6.92 Å². The predicted octanol–water partition coefficient (Wildman–Crippen LogP) is 0.802. The molecule has 0 saturated carbocycles. The van der Waals surface area contributed by atoms with E-state index < -0.39 is 12.0 Å². The lowest BCUT2D eigenvalue weighted by Crippen LogP contribution is -2.51. The molecule has 1 N–H and O–H groups in total. The summed E-state index contributed by atoms with van der Waals surface area (Å²) in [6.45, 7) is 2.34. The highest BCUT2D eigenvalue weighted by Gasteiger charge is 2.37. The van der Waals surface area contributed by atoms with E-state index in [1.54, 1.807) is 6.07 Å². The minimum atomic E-state index is -0.947. The summed E-state index contributed by atoms with van der Waals surface area (Å²) in [5, 5.41) is 16.5. The van der Waals surface area contributed by atoms with E-state index in [9.17, 15) is 14.7 Å². The minimum Gasteiger partial charge on any atom is -0.480 e. The van der Waals surface area contributed by atoms with E-state index in [4.69, 9.17) is 0 Å². The van der Waals surface area contributed by atoms with Crippen molar-refractivity contribution in [2.45, 2.75) is 25.8 Å². The van der Waals surface area contributed by atoms with E-state index in [-0.39, 0.29) is 11.8 Å². The zero-order valence-electron chi connectivity index (χ0n) is 10.1. The Balaban J connectivity index is 2.25. The molecule has 1 fully saturated rings. The number of carbonyl (C=O) groups excluding carboxylic acids is 1. The van der Waals surface area contributed by atoms with Gasteiger partial charge in [-0.2, -0.15) is 10.2 Å². The van der Waals surface area contributed by atoms with Crippen LogP contribution in [0.15, 0.2) is 18.5 Å². The Kier molecular flexibility index (Phi) is 3.55. The van der Waals surface area contributed by atoms with Crippen LogP contribution in [0.3, 0.4) is 0 Å². The highest BCUT2D eigenvalue weighted by molar-refractivity contribution is 5.96. The first kappa shape index (κ1) is 12.5. The lowest BCUT2D eigenvalue weighted by atomic mass is 9.90. The number of rotatable bonds is 2. The number of carboxylic acids is 1. The number of piperidine rings is 1. The molecule has 1 aromatic heterocycles. The highest BCUT2D eigenvalue weighted by atomic mass is 16.4. The molecule has 1 saturated heterocycles. The Bertz CT molecular complexity index is 449. The average molecular weight is 249 g/mol. The Morgan fingerprint density at radius 3 is 2.83 bits per heavy atom. The SMILES string of the molecule is CC1CCCN(C(=O)c2ccnnc2)C1C(=O)O. The summed E-state index contributed by atoms with van der Waals surface area (Å²) in [5.74, 6) is -1.27. The van der Waals surface area contributed by atoms with Crippen molar-refractivity contribution >= 4 is 11.9 Å². The van der Waals surface area contributed by atoms with Crippen LogP contribution in [0.4, 0.5) is 0 Å². The van der Waals surface area contributed by atoms with Crippen molar-refractivity contribution in [1.29, 1.82) is 0 Å². The van der Waals surface area contributed by atoms with Crippen molar-refractivity contribution in [3.05, 3.63) is 24.0 Å². The van der Waals surface area contributed by atoms with Crippen LogP contribution < -0.4 is 0 Å². The van der Waals surface area contributed by atoms with Gasteiger partial charge in [-0.1, -0.05) is 6.92 Å². The molecule has 96 valence electrons. The van der Waals surface area contributed by atoms with E-state index in [1.165, 1.54) is 17.3 Å². The van der Waals surface area contributed by atoms with Gasteiger partial charge in [0.25, 0.3) is 5.91 Å². The lowest BCUT2D eigenvalue weighted by molar-refractivity contribution is -0.145. The number of likely N-dealkylation sites (tertiary alicyclic amines) is 1. The molecule has 2 heterocycles. The maximum absolute atomic E-state index is 12.3. The normalized spacial score (nSPS) is 23.7. The Labute approximate surface area is 105 Å². The van der Waals surface area contributed by atoms with Gasteiger partial charge in [0.1, 0.15) is 6.04 Å². The van der Waals surface area contributed by atoms with Gasteiger partial charge < -0.3 is 10.0 Å². The molecular weight excluding hydrogens is 234 g/mol. The maximum Gasteiger partial charge on any atom is 0.326 e. The molecule has 1 amide bonds. The van der Waals surface area contributed by atoms with Crippen molar-refractivity contribution in [3.63, 3.8) is 0 Å². The number of aromatic nitrogens is 2. The average Bonchev–Trinajstić information content (AvgIpc) is 2.38. The quantitative estimate of drug-likeness (QED) is 0.838. The molecule has 1 aliphatic rings. The fourth-order valence-electron chi connectivity index (χ4n) is 2.38. The van der Waals surface area contributed by atoms with E-state index in [2.05, 4.69) is 10.2 Å². The van der Waals surface area contributed by atoms with Crippen LogP contribution in [0.5, 0.6) is 0 Å². The molecule has 1 aliphatic heterocycles. The van der Waals surface area contributed by atoms with Gasteiger partial charge in [0, 0.05) is 6.54 Å². The van der Waals surface area contributed by atoms with Gasteiger partial charge in [0.15, 0.2) is 0 Å². The van der Waals surface area contributed by atoms with Crippen LogP contribution in [0.25, 0.3) is 0 Å². The summed E-state index contributed by atoms with van der Waals surface area (Å²) in [6, 6.07) is 0.799. The Morgan fingerprint density at radius 1 is 1.44 bits per heavy atom. The first-order valence-electron chi connectivity index (χ1n) is 5.91. The zero-order valence-corrected chi connectivity index (χ0v) is 10.1. The second-order valence-electron chi connectivity index (χ2n) is 4.53. The number of carbonyl (C=O) groups is 2.